The zero-order valence-electron chi connectivity index (χ0n) is 10.2. The fourth-order valence-corrected chi connectivity index (χ4v) is 2.13. The van der Waals surface area contributed by atoms with Gasteiger partial charge in [0.05, 0.1) is 11.3 Å². The summed E-state index contributed by atoms with van der Waals surface area (Å²) in [4.78, 5) is 22.0. The molecule has 1 aromatic carbocycles. The van der Waals surface area contributed by atoms with E-state index >= 15 is 0 Å². The molecule has 0 saturated heterocycles. The first-order chi connectivity index (χ1) is 9.40. The number of aromatic nitrogens is 1. The van der Waals surface area contributed by atoms with Crippen LogP contribution >= 0.6 is 15.9 Å². The summed E-state index contributed by atoms with van der Waals surface area (Å²) in [5.41, 5.74) is 0.143. The number of carboxylic acid groups (broad SMARTS) is 1. The summed E-state index contributed by atoms with van der Waals surface area (Å²) >= 11 is 3.26. The number of hydrogen-bond acceptors (Lipinski definition) is 5. The van der Waals surface area contributed by atoms with Gasteiger partial charge in [-0.2, -0.15) is 0 Å². The second-order valence-electron chi connectivity index (χ2n) is 3.88. The highest BCUT2D eigenvalue weighted by Gasteiger charge is 2.20. The number of aromatic hydroxyl groups is 1. The van der Waals surface area contributed by atoms with Crippen LogP contribution in [-0.4, -0.2) is 27.2 Å². The number of carbonyl (C=O) groups is 2. The third-order valence-corrected chi connectivity index (χ3v) is 3.07. The molecule has 7 nitrogen and oxygen atoms in total. The Hall–Kier alpha value is -2.35. The number of anilines is 1. The fraction of sp³-hybridized carbons (Fsp3) is 0.0833. The molecule has 1 aromatic heterocycles. The van der Waals surface area contributed by atoms with Gasteiger partial charge in [0.25, 0.3) is 0 Å². The first-order valence-electron chi connectivity index (χ1n) is 5.39. The van der Waals surface area contributed by atoms with Crippen LogP contribution in [0.4, 0.5) is 5.69 Å². The van der Waals surface area contributed by atoms with Crippen molar-refractivity contribution in [3.63, 3.8) is 0 Å². The zero-order chi connectivity index (χ0) is 14.9. The Kier molecular flexibility index (Phi) is 3.75. The highest BCUT2D eigenvalue weighted by Crippen LogP contribution is 2.41. The van der Waals surface area contributed by atoms with Crippen LogP contribution in [0.25, 0.3) is 11.3 Å². The molecule has 3 N–H and O–H groups in total. The number of phenolic OH excluding ortho intramolecular Hbond substituents is 1. The summed E-state index contributed by atoms with van der Waals surface area (Å²) in [6.07, 6.45) is 0. The van der Waals surface area contributed by atoms with Crippen LogP contribution in [-0.2, 0) is 4.79 Å². The molecule has 2 aromatic rings. The first kappa shape index (κ1) is 14.1. The number of hydrogen-bond donors (Lipinski definition) is 3. The number of phenols is 1. The van der Waals surface area contributed by atoms with E-state index in [1.54, 1.807) is 6.07 Å². The molecule has 0 radical (unpaired) electrons. The molecule has 8 heteroatoms. The quantitative estimate of drug-likeness (QED) is 0.739. The van der Waals surface area contributed by atoms with Gasteiger partial charge in [-0.05, 0) is 28.1 Å². The van der Waals surface area contributed by atoms with Crippen LogP contribution in [0.3, 0.4) is 0 Å². The Labute approximate surface area is 121 Å². The maximum Gasteiger partial charge on any atom is 0.358 e. The normalized spacial score (nSPS) is 10.3. The summed E-state index contributed by atoms with van der Waals surface area (Å²) in [5.74, 6) is -1.70. The molecular formula is C12H9BrN2O5. The van der Waals surface area contributed by atoms with E-state index < -0.39 is 11.9 Å². The second kappa shape index (κ2) is 5.33. The second-order valence-corrected chi connectivity index (χ2v) is 4.73. The van der Waals surface area contributed by atoms with E-state index in [0.29, 0.717) is 10.0 Å². The fourth-order valence-electron chi connectivity index (χ4n) is 1.60. The van der Waals surface area contributed by atoms with Crippen LogP contribution in [0.15, 0.2) is 27.2 Å². The van der Waals surface area contributed by atoms with E-state index in [4.69, 9.17) is 9.63 Å². The molecule has 0 unspecified atom stereocenters. The van der Waals surface area contributed by atoms with Crippen molar-refractivity contribution in [3.05, 3.63) is 28.4 Å². The average Bonchev–Trinajstić information content (AvgIpc) is 2.83. The lowest BCUT2D eigenvalue weighted by Gasteiger charge is -2.11. The van der Waals surface area contributed by atoms with Crippen LogP contribution in [0.5, 0.6) is 5.75 Å². The number of nitrogens with zero attached hydrogens (tertiary/aromatic N) is 1. The lowest BCUT2D eigenvalue weighted by atomic mass is 10.1. The van der Waals surface area contributed by atoms with Crippen LogP contribution in [0.1, 0.15) is 17.4 Å². The Morgan fingerprint density at radius 1 is 1.40 bits per heavy atom. The largest absolute Gasteiger partial charge is 0.506 e. The lowest BCUT2D eigenvalue weighted by molar-refractivity contribution is -0.114. The molecule has 0 fully saturated rings. The van der Waals surface area contributed by atoms with Gasteiger partial charge in [-0.15, -0.1) is 0 Å². The maximum absolute atomic E-state index is 11.2. The molecule has 0 aliphatic heterocycles. The summed E-state index contributed by atoms with van der Waals surface area (Å²) < 4.78 is 5.45. The number of rotatable bonds is 3. The Morgan fingerprint density at radius 2 is 2.10 bits per heavy atom. The lowest BCUT2D eigenvalue weighted by Crippen LogP contribution is -2.07. The Bertz CT molecular complexity index is 695. The molecule has 1 amide bonds. The molecule has 0 atom stereocenters. The highest BCUT2D eigenvalue weighted by atomic mass is 79.9. The topological polar surface area (TPSA) is 113 Å². The zero-order valence-corrected chi connectivity index (χ0v) is 11.8. The summed E-state index contributed by atoms with van der Waals surface area (Å²) in [6.45, 7) is 1.28. The third kappa shape index (κ3) is 2.64. The van der Waals surface area contributed by atoms with Crippen molar-refractivity contribution in [2.75, 3.05) is 5.32 Å². The minimum absolute atomic E-state index is 0.105. The van der Waals surface area contributed by atoms with E-state index in [1.807, 2.05) is 0 Å². The number of amides is 1. The molecule has 104 valence electrons. The van der Waals surface area contributed by atoms with Crippen molar-refractivity contribution in [1.82, 2.24) is 5.16 Å². The van der Waals surface area contributed by atoms with Gasteiger partial charge >= 0.3 is 5.97 Å². The highest BCUT2D eigenvalue weighted by molar-refractivity contribution is 9.10. The van der Waals surface area contributed by atoms with Gasteiger partial charge in [0.1, 0.15) is 5.75 Å². The standard InChI is InChI=1S/C12H9BrN2O5/c1-5(16)14-11-8(17)3-2-6(13)10(11)9-4-7(12(18)19)15-20-9/h2-4,17H,1H3,(H,14,16)(H,18,19). The minimum Gasteiger partial charge on any atom is -0.506 e. The first-order valence-corrected chi connectivity index (χ1v) is 6.19. The molecule has 0 saturated carbocycles. The molecule has 2 rings (SSSR count). The van der Waals surface area contributed by atoms with Crippen molar-refractivity contribution in [2.24, 2.45) is 0 Å². The summed E-state index contributed by atoms with van der Waals surface area (Å²) in [6, 6.07) is 4.12. The van der Waals surface area contributed by atoms with E-state index in [9.17, 15) is 14.7 Å². The smallest absolute Gasteiger partial charge is 0.358 e. The SMILES string of the molecule is CC(=O)Nc1c(O)ccc(Br)c1-c1cc(C(=O)O)no1. The van der Waals surface area contributed by atoms with Crippen LogP contribution in [0, 0.1) is 0 Å². The van der Waals surface area contributed by atoms with Crippen LogP contribution in [0.2, 0.25) is 0 Å². The van der Waals surface area contributed by atoms with E-state index in [-0.39, 0.29) is 22.9 Å². The number of halogens is 1. The van der Waals surface area contributed by atoms with Gasteiger partial charge in [-0.25, -0.2) is 4.79 Å². The van der Waals surface area contributed by atoms with E-state index in [0.717, 1.165) is 0 Å². The monoisotopic (exact) mass is 340 g/mol. The van der Waals surface area contributed by atoms with Gasteiger partial charge in [0, 0.05) is 17.5 Å². The molecule has 1 heterocycles. The predicted molar refractivity (Wildman–Crippen MR) is 72.6 cm³/mol. The molecular weight excluding hydrogens is 332 g/mol. The van der Waals surface area contributed by atoms with Crippen molar-refractivity contribution >= 4 is 33.5 Å². The Balaban J connectivity index is 2.61. The van der Waals surface area contributed by atoms with Crippen molar-refractivity contribution in [3.8, 4) is 17.1 Å². The average molecular weight is 341 g/mol. The summed E-state index contributed by atoms with van der Waals surface area (Å²) in [7, 11) is 0. The molecule has 20 heavy (non-hydrogen) atoms. The van der Waals surface area contributed by atoms with Gasteiger partial charge in [0.15, 0.2) is 11.5 Å². The van der Waals surface area contributed by atoms with Gasteiger partial charge < -0.3 is 20.1 Å². The summed E-state index contributed by atoms with van der Waals surface area (Å²) in [5, 5.41) is 24.5. The predicted octanol–water partition coefficient (Wildman–Crippen LogP) is 2.47. The third-order valence-electron chi connectivity index (χ3n) is 2.41. The van der Waals surface area contributed by atoms with Crippen molar-refractivity contribution < 1.29 is 24.3 Å². The maximum atomic E-state index is 11.2. The number of benzene rings is 1. The van der Waals surface area contributed by atoms with E-state index in [2.05, 4.69) is 26.4 Å². The van der Waals surface area contributed by atoms with Crippen molar-refractivity contribution in [1.29, 1.82) is 0 Å². The van der Waals surface area contributed by atoms with Crippen molar-refractivity contribution in [2.45, 2.75) is 6.92 Å². The molecule has 0 aliphatic carbocycles. The van der Waals surface area contributed by atoms with Gasteiger partial charge in [-0.1, -0.05) is 5.16 Å². The minimum atomic E-state index is -1.24. The molecule has 0 spiro atoms. The molecule has 0 aliphatic rings. The van der Waals surface area contributed by atoms with Crippen LogP contribution < -0.4 is 5.32 Å². The number of aromatic carboxylic acids is 1. The molecule has 0 bridgehead atoms. The van der Waals surface area contributed by atoms with E-state index in [1.165, 1.54) is 19.1 Å². The van der Waals surface area contributed by atoms with Gasteiger partial charge in [0.2, 0.25) is 5.91 Å². The number of carbonyl (C=O) groups excluding carboxylic acids is 1. The van der Waals surface area contributed by atoms with Gasteiger partial charge in [-0.3, -0.25) is 4.79 Å². The number of nitrogens with one attached hydrogen (secondary N) is 1. The Morgan fingerprint density at radius 3 is 2.65 bits per heavy atom. The number of carboxylic acids is 1.